The van der Waals surface area contributed by atoms with Gasteiger partial charge in [0.15, 0.2) is 0 Å². The molecule has 0 aliphatic heterocycles. The summed E-state index contributed by atoms with van der Waals surface area (Å²) in [4.78, 5) is 0. The van der Waals surface area contributed by atoms with E-state index in [0.29, 0.717) is 3.67 Å². The molecule has 0 bridgehead atoms. The molecule has 0 radical (unpaired) electrons. The van der Waals surface area contributed by atoms with Gasteiger partial charge in [0.2, 0.25) is 0 Å². The molecule has 2 aliphatic rings. The van der Waals surface area contributed by atoms with Crippen LogP contribution in [0.1, 0.15) is 21.2 Å². The fourth-order valence-corrected chi connectivity index (χ4v) is 36.4. The van der Waals surface area contributed by atoms with E-state index in [2.05, 4.69) is 127 Å². The molecule has 0 N–H and O–H groups in total. The summed E-state index contributed by atoms with van der Waals surface area (Å²) in [5.74, 6) is 0. The SMILES string of the molecule is C1=CC[C]([Hf]([CH]2c3ccccc3-c3ccccc32)=[Si](c2ccccc2)c2ccccc2)=C1.Cl.Cl. The van der Waals surface area contributed by atoms with Crippen LogP contribution in [0.5, 0.6) is 0 Å². The number of hydrogen-bond donors (Lipinski definition) is 0. The summed E-state index contributed by atoms with van der Waals surface area (Å²) in [6.07, 6.45) is 8.32. The molecule has 6 rings (SSSR count). The number of hydrogen-bond acceptors (Lipinski definition) is 0. The quantitative estimate of drug-likeness (QED) is 0.209. The predicted octanol–water partition coefficient (Wildman–Crippen LogP) is 6.87. The summed E-state index contributed by atoms with van der Waals surface area (Å²) in [7, 11) is 0. The van der Waals surface area contributed by atoms with Crippen LogP contribution >= 0.6 is 24.8 Å². The van der Waals surface area contributed by atoms with Crippen molar-refractivity contribution in [1.82, 2.24) is 0 Å². The van der Waals surface area contributed by atoms with Crippen LogP contribution in [-0.2, 0) is 20.1 Å². The third kappa shape index (κ3) is 4.49. The average Bonchev–Trinajstić information content (AvgIpc) is 3.51. The zero-order valence-corrected chi connectivity index (χ0v) is 25.0. The molecule has 4 heteroatoms. The maximum absolute atomic E-state index is 2.51. The maximum Gasteiger partial charge on any atom is -0.147 e. The Kier molecular flexibility index (Phi) is 8.26. The number of benzene rings is 4. The molecule has 0 amide bonds. The zero-order chi connectivity index (χ0) is 21.3. The minimum atomic E-state index is -2.51. The average molecular weight is 664 g/mol. The Morgan fingerprint density at radius 3 is 1.53 bits per heavy atom. The van der Waals surface area contributed by atoms with Gasteiger partial charge < -0.3 is 0 Å². The van der Waals surface area contributed by atoms with Crippen molar-refractivity contribution in [3.05, 3.63) is 142 Å². The molecule has 0 saturated carbocycles. The molecule has 0 saturated heterocycles. The summed E-state index contributed by atoms with van der Waals surface area (Å²) < 4.78 is 2.38. The van der Waals surface area contributed by atoms with Crippen molar-refractivity contribution in [2.24, 2.45) is 0 Å². The van der Waals surface area contributed by atoms with E-state index in [1.54, 1.807) is 24.8 Å². The van der Waals surface area contributed by atoms with Crippen LogP contribution < -0.4 is 10.4 Å². The van der Waals surface area contributed by atoms with E-state index in [1.165, 1.54) is 11.1 Å². The topological polar surface area (TPSA) is 0 Å². The van der Waals surface area contributed by atoms with E-state index >= 15 is 0 Å². The van der Waals surface area contributed by atoms with Gasteiger partial charge in [0, 0.05) is 0 Å². The molecule has 2 aliphatic carbocycles. The van der Waals surface area contributed by atoms with Crippen LogP contribution in [0.4, 0.5) is 0 Å². The monoisotopic (exact) mass is 664 g/mol. The largest absolute Gasteiger partial charge is 0.147 e. The Bertz CT molecular complexity index is 1300. The van der Waals surface area contributed by atoms with E-state index < -0.39 is 25.6 Å². The summed E-state index contributed by atoms with van der Waals surface area (Å²) in [6, 6.07) is 41.3. The molecule has 4 aromatic carbocycles. The van der Waals surface area contributed by atoms with Crippen molar-refractivity contribution in [3.63, 3.8) is 0 Å². The Morgan fingerprint density at radius 2 is 1.06 bits per heavy atom. The van der Waals surface area contributed by atoms with Crippen molar-refractivity contribution in [2.45, 2.75) is 10.1 Å². The second-order valence-electron chi connectivity index (χ2n) is 8.45. The second-order valence-corrected chi connectivity index (χ2v) is 27.5. The van der Waals surface area contributed by atoms with Gasteiger partial charge in [0.25, 0.3) is 0 Å². The summed E-state index contributed by atoms with van der Waals surface area (Å²) in [6.45, 7) is 0. The number of halogens is 2. The Balaban J connectivity index is 0.00000137. The van der Waals surface area contributed by atoms with Gasteiger partial charge in [-0.3, -0.25) is 0 Å². The van der Waals surface area contributed by atoms with Gasteiger partial charge >= 0.3 is 199 Å². The van der Waals surface area contributed by atoms with E-state index in [0.717, 1.165) is 6.42 Å². The third-order valence-electron chi connectivity index (χ3n) is 6.63. The predicted molar refractivity (Wildman–Crippen MR) is 148 cm³/mol. The fraction of sp³-hybridized carbons (Fsp3) is 0.0667. The van der Waals surface area contributed by atoms with Crippen molar-refractivity contribution >= 4 is 40.7 Å². The van der Waals surface area contributed by atoms with Gasteiger partial charge in [-0.25, -0.2) is 0 Å². The third-order valence-corrected chi connectivity index (χ3v) is 34.1. The first-order valence-electron chi connectivity index (χ1n) is 11.3. The first kappa shape index (κ1) is 25.1. The number of allylic oxidation sites excluding steroid dienone is 4. The van der Waals surface area contributed by atoms with Gasteiger partial charge in [-0.2, -0.15) is 0 Å². The van der Waals surface area contributed by atoms with Crippen LogP contribution in [0.15, 0.2) is 131 Å². The second kappa shape index (κ2) is 11.2. The molecule has 0 aromatic heterocycles. The Morgan fingerprint density at radius 1 is 0.588 bits per heavy atom. The van der Waals surface area contributed by atoms with Crippen molar-refractivity contribution in [2.75, 3.05) is 0 Å². The smallest absolute Gasteiger partial charge is 0.147 e. The van der Waals surface area contributed by atoms with E-state index in [4.69, 9.17) is 0 Å². The molecular formula is C30H26Cl2HfSi. The van der Waals surface area contributed by atoms with Gasteiger partial charge in [-0.15, -0.1) is 24.8 Å². The van der Waals surface area contributed by atoms with Crippen LogP contribution in [0, 0.1) is 0 Å². The molecule has 0 heterocycles. The van der Waals surface area contributed by atoms with Crippen LogP contribution in [0.2, 0.25) is 0 Å². The molecule has 0 spiro atoms. The normalized spacial score (nSPS) is 13.2. The Hall–Kier alpha value is -1.97. The van der Waals surface area contributed by atoms with Gasteiger partial charge in [0.1, 0.15) is 0 Å². The zero-order valence-electron chi connectivity index (χ0n) is 18.7. The molecule has 0 fully saturated rings. The maximum atomic E-state index is 2.49. The molecule has 168 valence electrons. The molecule has 34 heavy (non-hydrogen) atoms. The summed E-state index contributed by atoms with van der Waals surface area (Å²) >= 11 is -2.51. The summed E-state index contributed by atoms with van der Waals surface area (Å²) in [5, 5.41) is 3.17. The van der Waals surface area contributed by atoms with E-state index in [1.807, 2.05) is 0 Å². The van der Waals surface area contributed by atoms with Crippen LogP contribution in [-0.4, -0.2) is 5.49 Å². The molecule has 0 nitrogen and oxygen atoms in total. The Labute approximate surface area is 222 Å². The molecule has 4 aromatic rings. The van der Waals surface area contributed by atoms with Crippen molar-refractivity contribution in [1.29, 1.82) is 0 Å². The van der Waals surface area contributed by atoms with E-state index in [9.17, 15) is 0 Å². The van der Waals surface area contributed by atoms with Crippen LogP contribution in [0.3, 0.4) is 0 Å². The van der Waals surface area contributed by atoms with Gasteiger partial charge in [-0.1, -0.05) is 0 Å². The van der Waals surface area contributed by atoms with Gasteiger partial charge in [0.05, 0.1) is 0 Å². The van der Waals surface area contributed by atoms with Crippen molar-refractivity contribution < 1.29 is 20.1 Å². The molecule has 0 unspecified atom stereocenters. The van der Waals surface area contributed by atoms with Crippen LogP contribution in [0.25, 0.3) is 11.1 Å². The number of rotatable bonds is 4. The minimum Gasteiger partial charge on any atom is -0.147 e. The summed E-state index contributed by atoms with van der Waals surface area (Å²) in [5.41, 5.74) is 5.21. The molecular weight excluding hydrogens is 638 g/mol. The standard InChI is InChI=1S/C13H9.C12H10Si.C5H5.2ClH.Hf/c1-3-7-12-10(5-1)9-11-6-2-4-8-13(11)12;1-3-7-11(8-4-1)13-12-9-5-2-6-10-12;1-2-4-5-3-1;;;/h1-9H;1-10H;1-3H,4H2;2*1H;. The fourth-order valence-electron chi connectivity index (χ4n) is 5.29. The first-order chi connectivity index (χ1) is 15.9. The number of fused-ring (bicyclic) bond motifs is 3. The van der Waals surface area contributed by atoms with E-state index in [-0.39, 0.29) is 24.8 Å². The molecule has 0 atom stereocenters. The minimum absolute atomic E-state index is 0. The van der Waals surface area contributed by atoms with Crippen molar-refractivity contribution in [3.8, 4) is 11.1 Å². The van der Waals surface area contributed by atoms with Gasteiger partial charge in [-0.05, 0) is 0 Å². The first-order valence-corrected chi connectivity index (χ1v) is 22.1.